The Balaban J connectivity index is 1.56. The minimum absolute atomic E-state index is 0.0371. The highest BCUT2D eigenvalue weighted by atomic mass is 79.9. The molecule has 0 aromatic heterocycles. The lowest BCUT2D eigenvalue weighted by Crippen LogP contribution is -2.50. The van der Waals surface area contributed by atoms with E-state index >= 15 is 0 Å². The molecule has 0 saturated heterocycles. The average molecular weight is 437 g/mol. The molecule has 0 spiro atoms. The minimum atomic E-state index is -3.55. The molecule has 0 heterocycles. The Morgan fingerprint density at radius 3 is 2.23 bits per heavy atom. The normalized spacial score (nSPS) is 15.9. The van der Waals surface area contributed by atoms with Crippen LogP contribution in [-0.4, -0.2) is 27.4 Å². The second kappa shape index (κ2) is 7.90. The van der Waals surface area contributed by atoms with Gasteiger partial charge >= 0.3 is 0 Å². The maximum Gasteiger partial charge on any atom is 0.240 e. The second-order valence-electron chi connectivity index (χ2n) is 6.41. The number of carbonyl (C=O) groups excluding carboxylic acids is 1. The Labute approximate surface area is 162 Å². The maximum absolute atomic E-state index is 12.7. The molecular weight excluding hydrogens is 416 g/mol. The molecule has 0 bridgehead atoms. The lowest BCUT2D eigenvalue weighted by molar-refractivity contribution is -0.129. The average Bonchev–Trinajstić information content (AvgIpc) is 2.60. The van der Waals surface area contributed by atoms with E-state index in [2.05, 4.69) is 26.0 Å². The first kappa shape index (κ1) is 19.1. The molecule has 0 unspecified atom stereocenters. The third-order valence-electron chi connectivity index (χ3n) is 4.79. The zero-order chi connectivity index (χ0) is 18.6. The molecule has 1 fully saturated rings. The Hall–Kier alpha value is -1.70. The summed E-state index contributed by atoms with van der Waals surface area (Å²) in [6.45, 7) is 0.405. The summed E-state index contributed by atoms with van der Waals surface area (Å²) in [6, 6.07) is 16.0. The Kier molecular flexibility index (Phi) is 5.79. The van der Waals surface area contributed by atoms with Crippen LogP contribution in [0.15, 0.2) is 64.0 Å². The molecule has 1 aliphatic rings. The van der Waals surface area contributed by atoms with Crippen LogP contribution in [0.1, 0.15) is 24.8 Å². The van der Waals surface area contributed by atoms with Gasteiger partial charge in [0.2, 0.25) is 15.9 Å². The Bertz CT molecular complexity index is 863. The number of benzene rings is 2. The van der Waals surface area contributed by atoms with Gasteiger partial charge in [-0.3, -0.25) is 4.79 Å². The van der Waals surface area contributed by atoms with Crippen LogP contribution < -0.4 is 10.0 Å². The summed E-state index contributed by atoms with van der Waals surface area (Å²) < 4.78 is 27.8. The van der Waals surface area contributed by atoms with Crippen molar-refractivity contribution in [2.75, 3.05) is 13.1 Å². The first-order chi connectivity index (χ1) is 12.4. The van der Waals surface area contributed by atoms with Gasteiger partial charge in [0, 0.05) is 17.6 Å². The SMILES string of the molecule is O=C(NCCNS(=O)(=O)c1ccccc1)C1(c2ccc(Br)cc2)CCC1. The number of rotatable bonds is 7. The van der Waals surface area contributed by atoms with Crippen LogP contribution in [0.5, 0.6) is 0 Å². The zero-order valence-electron chi connectivity index (χ0n) is 14.2. The van der Waals surface area contributed by atoms with Crippen molar-refractivity contribution in [3.63, 3.8) is 0 Å². The summed E-state index contributed by atoms with van der Waals surface area (Å²) in [5, 5.41) is 2.88. The minimum Gasteiger partial charge on any atom is -0.354 e. The van der Waals surface area contributed by atoms with Crippen molar-refractivity contribution in [1.29, 1.82) is 0 Å². The van der Waals surface area contributed by atoms with Crippen molar-refractivity contribution in [3.8, 4) is 0 Å². The predicted molar refractivity (Wildman–Crippen MR) is 104 cm³/mol. The molecule has 0 aliphatic heterocycles. The van der Waals surface area contributed by atoms with Crippen LogP contribution in [0.25, 0.3) is 0 Å². The molecule has 1 aliphatic carbocycles. The van der Waals surface area contributed by atoms with Crippen molar-refractivity contribution in [1.82, 2.24) is 10.0 Å². The molecule has 2 aromatic carbocycles. The van der Waals surface area contributed by atoms with E-state index in [0.717, 1.165) is 29.3 Å². The van der Waals surface area contributed by atoms with Crippen molar-refractivity contribution >= 4 is 31.9 Å². The highest BCUT2D eigenvalue weighted by molar-refractivity contribution is 9.10. The van der Waals surface area contributed by atoms with Gasteiger partial charge in [-0.15, -0.1) is 0 Å². The molecule has 5 nitrogen and oxygen atoms in total. The van der Waals surface area contributed by atoms with E-state index in [1.165, 1.54) is 12.1 Å². The lowest BCUT2D eigenvalue weighted by Gasteiger charge is -2.40. The third kappa shape index (κ3) is 4.00. The lowest BCUT2D eigenvalue weighted by atomic mass is 9.64. The van der Waals surface area contributed by atoms with Crippen molar-refractivity contribution in [2.45, 2.75) is 29.6 Å². The number of amides is 1. The number of halogens is 1. The molecule has 7 heteroatoms. The van der Waals surface area contributed by atoms with Gasteiger partial charge in [-0.2, -0.15) is 0 Å². The number of hydrogen-bond donors (Lipinski definition) is 2. The molecule has 138 valence electrons. The summed E-state index contributed by atoms with van der Waals surface area (Å²) in [5.74, 6) is -0.0371. The quantitative estimate of drug-likeness (QED) is 0.655. The van der Waals surface area contributed by atoms with E-state index in [1.807, 2.05) is 24.3 Å². The Morgan fingerprint density at radius 1 is 1.00 bits per heavy atom. The molecule has 0 radical (unpaired) electrons. The summed E-state index contributed by atoms with van der Waals surface area (Å²) in [7, 11) is -3.55. The summed E-state index contributed by atoms with van der Waals surface area (Å²) in [5.41, 5.74) is 0.522. The first-order valence-electron chi connectivity index (χ1n) is 8.53. The van der Waals surface area contributed by atoms with E-state index in [-0.39, 0.29) is 23.9 Å². The molecule has 0 atom stereocenters. The van der Waals surface area contributed by atoms with Gasteiger partial charge in [0.15, 0.2) is 0 Å². The van der Waals surface area contributed by atoms with E-state index in [9.17, 15) is 13.2 Å². The van der Waals surface area contributed by atoms with Crippen LogP contribution in [0.4, 0.5) is 0 Å². The van der Waals surface area contributed by atoms with Crippen LogP contribution >= 0.6 is 15.9 Å². The summed E-state index contributed by atoms with van der Waals surface area (Å²) >= 11 is 3.41. The molecule has 26 heavy (non-hydrogen) atoms. The number of sulfonamides is 1. The Morgan fingerprint density at radius 2 is 1.65 bits per heavy atom. The smallest absolute Gasteiger partial charge is 0.240 e. The van der Waals surface area contributed by atoms with E-state index < -0.39 is 15.4 Å². The fourth-order valence-electron chi connectivity index (χ4n) is 3.16. The van der Waals surface area contributed by atoms with Gasteiger partial charge < -0.3 is 5.32 Å². The molecule has 3 rings (SSSR count). The van der Waals surface area contributed by atoms with Crippen LogP contribution in [-0.2, 0) is 20.2 Å². The van der Waals surface area contributed by atoms with Gasteiger partial charge in [-0.1, -0.05) is 52.7 Å². The third-order valence-corrected chi connectivity index (χ3v) is 6.80. The zero-order valence-corrected chi connectivity index (χ0v) is 16.6. The predicted octanol–water partition coefficient (Wildman–Crippen LogP) is 2.97. The van der Waals surface area contributed by atoms with Crippen molar-refractivity contribution in [2.24, 2.45) is 0 Å². The van der Waals surface area contributed by atoms with E-state index in [0.29, 0.717) is 0 Å². The largest absolute Gasteiger partial charge is 0.354 e. The molecule has 1 saturated carbocycles. The number of carbonyl (C=O) groups is 1. The monoisotopic (exact) mass is 436 g/mol. The standard InChI is InChI=1S/C19H21BrN2O3S/c20-16-9-7-15(8-10-16)19(11-4-12-19)18(23)21-13-14-22-26(24,25)17-5-2-1-3-6-17/h1-3,5-10,22H,4,11-14H2,(H,21,23). The topological polar surface area (TPSA) is 75.3 Å². The number of hydrogen-bond acceptors (Lipinski definition) is 3. The fraction of sp³-hybridized carbons (Fsp3) is 0.316. The molecule has 1 amide bonds. The second-order valence-corrected chi connectivity index (χ2v) is 9.09. The van der Waals surface area contributed by atoms with Crippen molar-refractivity contribution in [3.05, 3.63) is 64.6 Å². The molecular formula is C19H21BrN2O3S. The highest BCUT2D eigenvalue weighted by Gasteiger charge is 2.45. The first-order valence-corrected chi connectivity index (χ1v) is 10.8. The van der Waals surface area contributed by atoms with Crippen LogP contribution in [0.2, 0.25) is 0 Å². The maximum atomic E-state index is 12.7. The van der Waals surface area contributed by atoms with E-state index in [1.54, 1.807) is 18.2 Å². The molecule has 2 aromatic rings. The summed E-state index contributed by atoms with van der Waals surface area (Å²) in [6.07, 6.45) is 2.65. The van der Waals surface area contributed by atoms with Gasteiger partial charge in [-0.05, 0) is 42.7 Å². The fourth-order valence-corrected chi connectivity index (χ4v) is 4.48. The van der Waals surface area contributed by atoms with Crippen LogP contribution in [0, 0.1) is 0 Å². The van der Waals surface area contributed by atoms with Gasteiger partial charge in [0.25, 0.3) is 0 Å². The van der Waals surface area contributed by atoms with Crippen molar-refractivity contribution < 1.29 is 13.2 Å². The van der Waals surface area contributed by atoms with Gasteiger partial charge in [-0.25, -0.2) is 13.1 Å². The van der Waals surface area contributed by atoms with Crippen LogP contribution in [0.3, 0.4) is 0 Å². The van der Waals surface area contributed by atoms with Gasteiger partial charge in [0.05, 0.1) is 10.3 Å². The summed E-state index contributed by atoms with van der Waals surface area (Å²) in [4.78, 5) is 12.9. The number of nitrogens with one attached hydrogen (secondary N) is 2. The van der Waals surface area contributed by atoms with Gasteiger partial charge in [0.1, 0.15) is 0 Å². The molecule has 2 N–H and O–H groups in total. The van der Waals surface area contributed by atoms with E-state index in [4.69, 9.17) is 0 Å². The highest BCUT2D eigenvalue weighted by Crippen LogP contribution is 2.44.